The molecule has 4 rings (SSSR count). The first-order valence-corrected chi connectivity index (χ1v) is 9.85. The SMILES string of the molecule is Cc1ccc(C2OCCCC2C(=O)N2CCC3(CCNC3)CC2)cc1. The van der Waals surface area contributed by atoms with Crippen LogP contribution in [0.4, 0.5) is 0 Å². The lowest BCUT2D eigenvalue weighted by atomic mass is 9.77. The van der Waals surface area contributed by atoms with Gasteiger partial charge in [-0.2, -0.15) is 0 Å². The molecule has 25 heavy (non-hydrogen) atoms. The van der Waals surface area contributed by atoms with Gasteiger partial charge in [-0.25, -0.2) is 0 Å². The summed E-state index contributed by atoms with van der Waals surface area (Å²) in [6, 6.07) is 8.49. The quantitative estimate of drug-likeness (QED) is 0.898. The normalized spacial score (nSPS) is 29.1. The van der Waals surface area contributed by atoms with E-state index >= 15 is 0 Å². The summed E-state index contributed by atoms with van der Waals surface area (Å²) in [5.74, 6) is 0.290. The second-order valence-electron chi connectivity index (χ2n) is 8.20. The average Bonchev–Trinajstić information content (AvgIpc) is 3.10. The van der Waals surface area contributed by atoms with Crippen molar-refractivity contribution in [3.8, 4) is 0 Å². The van der Waals surface area contributed by atoms with Crippen LogP contribution < -0.4 is 5.32 Å². The van der Waals surface area contributed by atoms with Gasteiger partial charge in [-0.05, 0) is 56.6 Å². The zero-order chi connectivity index (χ0) is 17.3. The fraction of sp³-hybridized carbons (Fsp3) is 0.667. The van der Waals surface area contributed by atoms with Crippen LogP contribution >= 0.6 is 0 Å². The summed E-state index contributed by atoms with van der Waals surface area (Å²) >= 11 is 0. The van der Waals surface area contributed by atoms with Gasteiger partial charge in [0.2, 0.25) is 5.91 Å². The van der Waals surface area contributed by atoms with Crippen molar-refractivity contribution in [1.82, 2.24) is 10.2 Å². The molecule has 3 aliphatic heterocycles. The highest BCUT2D eigenvalue weighted by molar-refractivity contribution is 5.80. The minimum Gasteiger partial charge on any atom is -0.373 e. The van der Waals surface area contributed by atoms with E-state index in [9.17, 15) is 4.79 Å². The summed E-state index contributed by atoms with van der Waals surface area (Å²) in [6.07, 6.45) is 5.42. The van der Waals surface area contributed by atoms with Crippen LogP contribution in [0.1, 0.15) is 49.3 Å². The molecule has 1 amide bonds. The number of hydrogen-bond donors (Lipinski definition) is 1. The molecule has 0 aromatic heterocycles. The van der Waals surface area contributed by atoms with E-state index in [4.69, 9.17) is 4.74 Å². The van der Waals surface area contributed by atoms with Crippen LogP contribution in [0, 0.1) is 18.3 Å². The van der Waals surface area contributed by atoms with Crippen molar-refractivity contribution in [2.24, 2.45) is 11.3 Å². The third kappa shape index (κ3) is 3.47. The summed E-state index contributed by atoms with van der Waals surface area (Å²) in [4.78, 5) is 15.4. The Balaban J connectivity index is 1.45. The third-order valence-corrected chi connectivity index (χ3v) is 6.51. The first-order chi connectivity index (χ1) is 12.2. The molecule has 2 atom stereocenters. The molecule has 2 unspecified atom stereocenters. The summed E-state index contributed by atoms with van der Waals surface area (Å²) < 4.78 is 6.06. The van der Waals surface area contributed by atoms with Gasteiger partial charge in [-0.15, -0.1) is 0 Å². The Bertz CT molecular complexity index is 597. The molecule has 3 fully saturated rings. The molecule has 0 bridgehead atoms. The van der Waals surface area contributed by atoms with Gasteiger partial charge in [-0.1, -0.05) is 29.8 Å². The van der Waals surface area contributed by atoms with E-state index in [0.717, 1.165) is 64.0 Å². The van der Waals surface area contributed by atoms with Crippen molar-refractivity contribution in [2.45, 2.75) is 45.1 Å². The lowest BCUT2D eigenvalue weighted by Crippen LogP contribution is -2.47. The number of nitrogens with one attached hydrogen (secondary N) is 1. The second kappa shape index (κ2) is 7.08. The lowest BCUT2D eigenvalue weighted by Gasteiger charge is -2.41. The van der Waals surface area contributed by atoms with Crippen molar-refractivity contribution < 1.29 is 9.53 Å². The molecule has 0 saturated carbocycles. The number of nitrogens with zero attached hydrogens (tertiary/aromatic N) is 1. The molecular weight excluding hydrogens is 312 g/mol. The molecule has 0 radical (unpaired) electrons. The topological polar surface area (TPSA) is 41.6 Å². The zero-order valence-electron chi connectivity index (χ0n) is 15.3. The van der Waals surface area contributed by atoms with E-state index in [1.807, 2.05) is 0 Å². The Morgan fingerprint density at radius 2 is 1.96 bits per heavy atom. The maximum absolute atomic E-state index is 13.2. The Labute approximate surface area is 150 Å². The number of benzene rings is 1. The minimum absolute atomic E-state index is 0.0211. The van der Waals surface area contributed by atoms with Crippen LogP contribution in [-0.2, 0) is 9.53 Å². The van der Waals surface area contributed by atoms with E-state index in [1.165, 1.54) is 12.0 Å². The highest BCUT2D eigenvalue weighted by atomic mass is 16.5. The minimum atomic E-state index is -0.0779. The van der Waals surface area contributed by atoms with Crippen molar-refractivity contribution in [1.29, 1.82) is 0 Å². The van der Waals surface area contributed by atoms with Crippen LogP contribution in [0.25, 0.3) is 0 Å². The zero-order valence-corrected chi connectivity index (χ0v) is 15.3. The molecule has 136 valence electrons. The Morgan fingerprint density at radius 3 is 2.64 bits per heavy atom. The third-order valence-electron chi connectivity index (χ3n) is 6.51. The van der Waals surface area contributed by atoms with E-state index in [-0.39, 0.29) is 12.0 Å². The molecule has 3 saturated heterocycles. The van der Waals surface area contributed by atoms with E-state index in [1.54, 1.807) is 0 Å². The Kier molecular flexibility index (Phi) is 4.83. The maximum atomic E-state index is 13.2. The summed E-state index contributed by atoms with van der Waals surface area (Å²) in [5, 5.41) is 3.50. The van der Waals surface area contributed by atoms with Crippen LogP contribution in [0.3, 0.4) is 0 Å². The van der Waals surface area contributed by atoms with Crippen molar-refractivity contribution in [2.75, 3.05) is 32.8 Å². The van der Waals surface area contributed by atoms with Gasteiger partial charge in [0.05, 0.1) is 12.0 Å². The average molecular weight is 342 g/mol. The van der Waals surface area contributed by atoms with Crippen LogP contribution in [-0.4, -0.2) is 43.6 Å². The highest BCUT2D eigenvalue weighted by Crippen LogP contribution is 2.39. The number of piperidine rings is 1. The number of ether oxygens (including phenoxy) is 1. The highest BCUT2D eigenvalue weighted by Gasteiger charge is 2.41. The number of aryl methyl sites for hydroxylation is 1. The van der Waals surface area contributed by atoms with Crippen LogP contribution in [0.2, 0.25) is 0 Å². The van der Waals surface area contributed by atoms with E-state index < -0.39 is 0 Å². The van der Waals surface area contributed by atoms with Gasteiger partial charge >= 0.3 is 0 Å². The fourth-order valence-electron chi connectivity index (χ4n) is 4.78. The van der Waals surface area contributed by atoms with E-state index in [2.05, 4.69) is 41.4 Å². The Hall–Kier alpha value is -1.39. The second-order valence-corrected chi connectivity index (χ2v) is 8.20. The number of carbonyl (C=O) groups excluding carboxylic acids is 1. The predicted molar refractivity (Wildman–Crippen MR) is 98.3 cm³/mol. The molecule has 3 heterocycles. The number of amides is 1. The maximum Gasteiger partial charge on any atom is 0.228 e. The van der Waals surface area contributed by atoms with Crippen LogP contribution in [0.15, 0.2) is 24.3 Å². The summed E-state index contributed by atoms with van der Waals surface area (Å²) in [5.41, 5.74) is 2.85. The summed E-state index contributed by atoms with van der Waals surface area (Å²) in [7, 11) is 0. The van der Waals surface area contributed by atoms with Gasteiger partial charge in [0.1, 0.15) is 0 Å². The smallest absolute Gasteiger partial charge is 0.228 e. The largest absolute Gasteiger partial charge is 0.373 e. The first kappa shape index (κ1) is 17.0. The van der Waals surface area contributed by atoms with Crippen molar-refractivity contribution in [3.63, 3.8) is 0 Å². The molecular formula is C21H30N2O2. The number of rotatable bonds is 2. The standard InChI is InChI=1S/C21H30N2O2/c1-16-4-6-17(7-5-16)19-18(3-2-14-25-19)20(24)23-12-9-21(10-13-23)8-11-22-15-21/h4-7,18-19,22H,2-3,8-15H2,1H3. The molecule has 0 aliphatic carbocycles. The lowest BCUT2D eigenvalue weighted by molar-refractivity contribution is -0.147. The van der Waals surface area contributed by atoms with Gasteiger partial charge < -0.3 is 15.0 Å². The molecule has 4 nitrogen and oxygen atoms in total. The van der Waals surface area contributed by atoms with Crippen molar-refractivity contribution in [3.05, 3.63) is 35.4 Å². The monoisotopic (exact) mass is 342 g/mol. The van der Waals surface area contributed by atoms with E-state index in [0.29, 0.717) is 11.3 Å². The molecule has 4 heteroatoms. The number of carbonyl (C=O) groups is 1. The molecule has 1 aromatic carbocycles. The fourth-order valence-corrected chi connectivity index (χ4v) is 4.78. The molecule has 1 N–H and O–H groups in total. The van der Waals surface area contributed by atoms with Gasteiger partial charge in [-0.3, -0.25) is 4.79 Å². The molecule has 1 spiro atoms. The Morgan fingerprint density at radius 1 is 1.20 bits per heavy atom. The van der Waals surface area contributed by atoms with Crippen LogP contribution in [0.5, 0.6) is 0 Å². The van der Waals surface area contributed by atoms with Crippen molar-refractivity contribution >= 4 is 5.91 Å². The number of hydrogen-bond acceptors (Lipinski definition) is 3. The van der Waals surface area contributed by atoms with Gasteiger partial charge in [0, 0.05) is 26.2 Å². The predicted octanol–water partition coefficient (Wildman–Crippen LogP) is 3.06. The first-order valence-electron chi connectivity index (χ1n) is 9.85. The number of likely N-dealkylation sites (tertiary alicyclic amines) is 1. The van der Waals surface area contributed by atoms with Gasteiger partial charge in [0.15, 0.2) is 0 Å². The van der Waals surface area contributed by atoms with Gasteiger partial charge in [0.25, 0.3) is 0 Å². The molecule has 1 aromatic rings. The molecule has 3 aliphatic rings. The summed E-state index contributed by atoms with van der Waals surface area (Å²) in [6.45, 7) is 6.95.